The van der Waals surface area contributed by atoms with E-state index in [0.29, 0.717) is 24.9 Å². The highest BCUT2D eigenvalue weighted by Gasteiger charge is 2.47. The standard InChI is InChI=1S/C19H24N4O2/c1-14-2-5-18(24)23(21-14)13-19(25)10-16-3-4-17(11-19)22(16)12-15-6-8-20-9-7-15/h2,5-9,16-17,25H,3-4,10-13H2,1H3/t16-,17+,19?. The summed E-state index contributed by atoms with van der Waals surface area (Å²) in [7, 11) is 0. The molecule has 2 bridgehead atoms. The monoisotopic (exact) mass is 340 g/mol. The average molecular weight is 340 g/mol. The molecule has 2 aliphatic heterocycles. The molecule has 25 heavy (non-hydrogen) atoms. The van der Waals surface area contributed by atoms with Crippen LogP contribution in [0.5, 0.6) is 0 Å². The summed E-state index contributed by atoms with van der Waals surface area (Å²) in [6, 6.07) is 8.06. The van der Waals surface area contributed by atoms with Crippen LogP contribution in [0.4, 0.5) is 0 Å². The van der Waals surface area contributed by atoms with E-state index in [0.717, 1.165) is 25.1 Å². The molecule has 3 atom stereocenters. The van der Waals surface area contributed by atoms with Crippen molar-refractivity contribution >= 4 is 0 Å². The van der Waals surface area contributed by atoms with Crippen molar-refractivity contribution in [2.75, 3.05) is 0 Å². The Morgan fingerprint density at radius 3 is 2.52 bits per heavy atom. The van der Waals surface area contributed by atoms with Crippen LogP contribution in [0.1, 0.15) is 36.9 Å². The van der Waals surface area contributed by atoms with Crippen LogP contribution in [-0.2, 0) is 13.1 Å². The number of aliphatic hydroxyl groups is 1. The molecule has 2 saturated heterocycles. The predicted molar refractivity (Wildman–Crippen MR) is 94.0 cm³/mol. The van der Waals surface area contributed by atoms with E-state index in [1.807, 2.05) is 19.3 Å². The first-order chi connectivity index (χ1) is 12.0. The summed E-state index contributed by atoms with van der Waals surface area (Å²) in [6.45, 7) is 3.04. The van der Waals surface area contributed by atoms with E-state index in [2.05, 4.69) is 27.1 Å². The highest BCUT2D eigenvalue weighted by Crippen LogP contribution is 2.42. The number of hydrogen-bond donors (Lipinski definition) is 1. The molecule has 132 valence electrons. The summed E-state index contributed by atoms with van der Waals surface area (Å²) in [6.07, 6.45) is 7.25. The van der Waals surface area contributed by atoms with Crippen LogP contribution in [0, 0.1) is 6.92 Å². The van der Waals surface area contributed by atoms with E-state index >= 15 is 0 Å². The van der Waals surface area contributed by atoms with Crippen molar-refractivity contribution in [1.29, 1.82) is 0 Å². The molecule has 2 aromatic heterocycles. The van der Waals surface area contributed by atoms with Crippen molar-refractivity contribution in [1.82, 2.24) is 19.7 Å². The number of piperidine rings is 1. The third-order valence-electron chi connectivity index (χ3n) is 5.56. The van der Waals surface area contributed by atoms with E-state index in [4.69, 9.17) is 0 Å². The molecule has 6 nitrogen and oxygen atoms in total. The summed E-state index contributed by atoms with van der Waals surface area (Å²) < 4.78 is 1.42. The van der Waals surface area contributed by atoms with Gasteiger partial charge in [-0.05, 0) is 56.4 Å². The minimum Gasteiger partial charge on any atom is -0.388 e. The molecule has 1 unspecified atom stereocenters. The van der Waals surface area contributed by atoms with Crippen LogP contribution < -0.4 is 5.56 Å². The highest BCUT2D eigenvalue weighted by atomic mass is 16.3. The van der Waals surface area contributed by atoms with Gasteiger partial charge in [-0.2, -0.15) is 5.10 Å². The van der Waals surface area contributed by atoms with Crippen molar-refractivity contribution in [3.8, 4) is 0 Å². The lowest BCUT2D eigenvalue weighted by molar-refractivity contribution is -0.0677. The molecular formula is C19H24N4O2. The van der Waals surface area contributed by atoms with Crippen LogP contribution in [0.2, 0.25) is 0 Å². The molecule has 2 fully saturated rings. The molecule has 0 aliphatic carbocycles. The smallest absolute Gasteiger partial charge is 0.266 e. The van der Waals surface area contributed by atoms with E-state index in [-0.39, 0.29) is 12.1 Å². The van der Waals surface area contributed by atoms with E-state index in [1.165, 1.54) is 16.3 Å². The first kappa shape index (κ1) is 16.4. The summed E-state index contributed by atoms with van der Waals surface area (Å²) in [4.78, 5) is 18.6. The van der Waals surface area contributed by atoms with Crippen LogP contribution >= 0.6 is 0 Å². The van der Waals surface area contributed by atoms with Gasteiger partial charge in [0.1, 0.15) is 0 Å². The van der Waals surface area contributed by atoms with Crippen LogP contribution in [0.3, 0.4) is 0 Å². The van der Waals surface area contributed by atoms with Gasteiger partial charge in [0.2, 0.25) is 0 Å². The van der Waals surface area contributed by atoms with Gasteiger partial charge < -0.3 is 5.11 Å². The second kappa shape index (κ2) is 6.35. The SMILES string of the molecule is Cc1ccc(=O)n(CC2(O)C[C@H]3CC[C@@H](C2)N3Cc2ccncc2)n1. The van der Waals surface area contributed by atoms with E-state index in [1.54, 1.807) is 6.07 Å². The topological polar surface area (TPSA) is 71.2 Å². The Hall–Kier alpha value is -2.05. The number of rotatable bonds is 4. The minimum absolute atomic E-state index is 0.148. The normalized spacial score (nSPS) is 29.0. The third kappa shape index (κ3) is 3.37. The highest BCUT2D eigenvalue weighted by molar-refractivity contribution is 5.12. The van der Waals surface area contributed by atoms with Gasteiger partial charge in [0.15, 0.2) is 0 Å². The van der Waals surface area contributed by atoms with Crippen LogP contribution in [0.25, 0.3) is 0 Å². The lowest BCUT2D eigenvalue weighted by Gasteiger charge is -2.43. The quantitative estimate of drug-likeness (QED) is 0.913. The molecule has 2 aromatic rings. The fourth-order valence-electron chi connectivity index (χ4n) is 4.44. The molecule has 0 aromatic carbocycles. The molecule has 6 heteroatoms. The Morgan fingerprint density at radius 1 is 1.16 bits per heavy atom. The van der Waals surface area contributed by atoms with Crippen molar-refractivity contribution in [2.24, 2.45) is 0 Å². The number of fused-ring (bicyclic) bond motifs is 2. The molecule has 4 rings (SSSR count). The van der Waals surface area contributed by atoms with Gasteiger partial charge in [-0.15, -0.1) is 0 Å². The van der Waals surface area contributed by atoms with Gasteiger partial charge >= 0.3 is 0 Å². The van der Waals surface area contributed by atoms with E-state index < -0.39 is 5.60 Å². The van der Waals surface area contributed by atoms with Gasteiger partial charge in [-0.3, -0.25) is 14.7 Å². The number of hydrogen-bond acceptors (Lipinski definition) is 5. The largest absolute Gasteiger partial charge is 0.388 e. The predicted octanol–water partition coefficient (Wildman–Crippen LogP) is 1.50. The second-order valence-electron chi connectivity index (χ2n) is 7.52. The second-order valence-corrected chi connectivity index (χ2v) is 7.52. The lowest BCUT2D eigenvalue weighted by Crippen LogP contribution is -2.53. The first-order valence-electron chi connectivity index (χ1n) is 8.94. The summed E-state index contributed by atoms with van der Waals surface area (Å²) in [5.41, 5.74) is 1.05. The van der Waals surface area contributed by atoms with Crippen LogP contribution in [-0.4, -0.2) is 42.5 Å². The van der Waals surface area contributed by atoms with Gasteiger partial charge in [0.05, 0.1) is 17.8 Å². The molecule has 0 radical (unpaired) electrons. The van der Waals surface area contributed by atoms with Gasteiger partial charge in [-0.25, -0.2) is 4.68 Å². The summed E-state index contributed by atoms with van der Waals surface area (Å²) in [5, 5.41) is 15.5. The van der Waals surface area contributed by atoms with Crippen molar-refractivity contribution in [3.05, 3.63) is 58.3 Å². The first-order valence-corrected chi connectivity index (χ1v) is 8.94. The summed E-state index contributed by atoms with van der Waals surface area (Å²) >= 11 is 0. The van der Waals surface area contributed by atoms with E-state index in [9.17, 15) is 9.90 Å². The zero-order valence-electron chi connectivity index (χ0n) is 14.5. The van der Waals surface area contributed by atoms with Crippen molar-refractivity contribution in [3.63, 3.8) is 0 Å². The Kier molecular flexibility index (Phi) is 4.17. The molecule has 1 N–H and O–H groups in total. The fraction of sp³-hybridized carbons (Fsp3) is 0.526. The van der Waals surface area contributed by atoms with Gasteiger partial charge in [0, 0.05) is 37.1 Å². The average Bonchev–Trinajstić information content (AvgIpc) is 2.83. The molecular weight excluding hydrogens is 316 g/mol. The number of aryl methyl sites for hydroxylation is 1. The van der Waals surface area contributed by atoms with Crippen molar-refractivity contribution in [2.45, 2.75) is 63.4 Å². The Morgan fingerprint density at radius 2 is 1.84 bits per heavy atom. The maximum atomic E-state index is 12.0. The Balaban J connectivity index is 1.50. The maximum absolute atomic E-state index is 12.0. The molecule has 0 spiro atoms. The molecule has 0 amide bonds. The van der Waals surface area contributed by atoms with Gasteiger partial charge in [-0.1, -0.05) is 0 Å². The molecule has 4 heterocycles. The van der Waals surface area contributed by atoms with Crippen LogP contribution in [0.15, 0.2) is 41.5 Å². The van der Waals surface area contributed by atoms with Gasteiger partial charge in [0.25, 0.3) is 5.56 Å². The Bertz CT molecular complexity index is 791. The number of aromatic nitrogens is 3. The van der Waals surface area contributed by atoms with Crippen molar-refractivity contribution < 1.29 is 5.11 Å². The molecule has 0 saturated carbocycles. The number of nitrogens with zero attached hydrogens (tertiary/aromatic N) is 4. The maximum Gasteiger partial charge on any atom is 0.266 e. The zero-order chi connectivity index (χ0) is 17.4. The third-order valence-corrected chi connectivity index (χ3v) is 5.56. The minimum atomic E-state index is -0.856. The fourth-order valence-corrected chi connectivity index (χ4v) is 4.44. The Labute approximate surface area is 147 Å². The summed E-state index contributed by atoms with van der Waals surface area (Å²) in [5.74, 6) is 0. The number of pyridine rings is 1. The zero-order valence-corrected chi connectivity index (χ0v) is 14.5. The lowest BCUT2D eigenvalue weighted by atomic mass is 9.85. The molecule has 2 aliphatic rings.